The van der Waals surface area contributed by atoms with Crippen LogP contribution in [0.25, 0.3) is 0 Å². The maximum atomic E-state index is 10.1. The number of aromatic hydroxyl groups is 1. The van der Waals surface area contributed by atoms with Gasteiger partial charge in [0.15, 0.2) is 0 Å². The lowest BCUT2D eigenvalue weighted by atomic mass is 9.52. The molecule has 1 aromatic rings. The number of fused-ring (bicyclic) bond motifs is 1. The first-order valence-corrected chi connectivity index (χ1v) is 9.94. The Morgan fingerprint density at radius 2 is 2.12 bits per heavy atom. The van der Waals surface area contributed by atoms with Crippen LogP contribution in [0.3, 0.4) is 0 Å². The second-order valence-electron chi connectivity index (χ2n) is 8.50. The largest absolute Gasteiger partial charge is 0.508 e. The zero-order valence-corrected chi connectivity index (χ0v) is 14.5. The van der Waals surface area contributed by atoms with E-state index in [2.05, 4.69) is 17.0 Å². The molecule has 24 heavy (non-hydrogen) atoms. The van der Waals surface area contributed by atoms with Crippen molar-refractivity contribution in [2.45, 2.75) is 68.9 Å². The van der Waals surface area contributed by atoms with Gasteiger partial charge in [0.2, 0.25) is 0 Å². The van der Waals surface area contributed by atoms with Gasteiger partial charge in [0.1, 0.15) is 5.75 Å². The number of nitrogens with zero attached hydrogens (tertiary/aromatic N) is 1. The summed E-state index contributed by atoms with van der Waals surface area (Å²) < 4.78 is 5.94. The molecule has 0 amide bonds. The van der Waals surface area contributed by atoms with Gasteiger partial charge in [0.05, 0.1) is 6.10 Å². The normalized spacial score (nSPS) is 38.6. The second kappa shape index (κ2) is 5.74. The molecule has 0 spiro atoms. The first kappa shape index (κ1) is 15.2. The zero-order chi connectivity index (χ0) is 16.1. The van der Waals surface area contributed by atoms with E-state index in [9.17, 15) is 5.11 Å². The summed E-state index contributed by atoms with van der Waals surface area (Å²) in [4.78, 5) is 2.76. The Hall–Kier alpha value is -1.06. The third-order valence-electron chi connectivity index (χ3n) is 7.40. The van der Waals surface area contributed by atoms with E-state index in [1.165, 1.54) is 62.6 Å². The van der Waals surface area contributed by atoms with Gasteiger partial charge in [0, 0.05) is 24.6 Å². The van der Waals surface area contributed by atoms with E-state index in [0.717, 1.165) is 25.5 Å². The van der Waals surface area contributed by atoms with Crippen molar-refractivity contribution < 1.29 is 9.84 Å². The van der Waals surface area contributed by atoms with Crippen LogP contribution in [0.5, 0.6) is 5.75 Å². The average molecular weight is 327 g/mol. The van der Waals surface area contributed by atoms with Crippen molar-refractivity contribution in [2.24, 2.45) is 5.92 Å². The van der Waals surface area contributed by atoms with Gasteiger partial charge in [-0.25, -0.2) is 0 Å². The summed E-state index contributed by atoms with van der Waals surface area (Å²) in [5.74, 6) is 1.23. The van der Waals surface area contributed by atoms with Crippen LogP contribution in [0.15, 0.2) is 18.2 Å². The van der Waals surface area contributed by atoms with Crippen LogP contribution in [-0.4, -0.2) is 41.8 Å². The molecule has 2 aliphatic heterocycles. The fourth-order valence-electron chi connectivity index (χ4n) is 6.35. The number of benzene rings is 1. The topological polar surface area (TPSA) is 32.7 Å². The van der Waals surface area contributed by atoms with Gasteiger partial charge in [-0.05, 0) is 74.2 Å². The fraction of sp³-hybridized carbons (Fsp3) is 0.714. The third kappa shape index (κ3) is 2.24. The highest BCUT2D eigenvalue weighted by molar-refractivity contribution is 5.45. The van der Waals surface area contributed by atoms with Crippen LogP contribution in [-0.2, 0) is 16.6 Å². The molecule has 1 aromatic carbocycles. The number of hydrogen-bond donors (Lipinski definition) is 1. The molecule has 4 aliphatic rings. The van der Waals surface area contributed by atoms with Crippen molar-refractivity contribution in [2.75, 3.05) is 19.7 Å². The van der Waals surface area contributed by atoms with E-state index in [4.69, 9.17) is 4.74 Å². The Labute approximate surface area is 145 Å². The Bertz CT molecular complexity index is 624. The Balaban J connectivity index is 1.51. The van der Waals surface area contributed by atoms with Crippen molar-refractivity contribution in [1.29, 1.82) is 0 Å². The summed E-state index contributed by atoms with van der Waals surface area (Å²) in [7, 11) is 0. The molecular weight excluding hydrogens is 298 g/mol. The van der Waals surface area contributed by atoms with E-state index in [1.807, 2.05) is 6.07 Å². The number of phenols is 1. The number of rotatable bonds is 2. The van der Waals surface area contributed by atoms with Crippen LogP contribution in [0.4, 0.5) is 0 Å². The van der Waals surface area contributed by atoms with Crippen LogP contribution >= 0.6 is 0 Å². The highest BCUT2D eigenvalue weighted by Gasteiger charge is 2.53. The lowest BCUT2D eigenvalue weighted by Gasteiger charge is -2.59. The van der Waals surface area contributed by atoms with Crippen molar-refractivity contribution in [3.8, 4) is 5.75 Å². The minimum atomic E-state index is 0.336. The van der Waals surface area contributed by atoms with E-state index < -0.39 is 0 Å². The maximum Gasteiger partial charge on any atom is 0.115 e. The van der Waals surface area contributed by atoms with Crippen LogP contribution in [0, 0.1) is 5.92 Å². The lowest BCUT2D eigenvalue weighted by Crippen LogP contribution is -2.61. The van der Waals surface area contributed by atoms with E-state index >= 15 is 0 Å². The van der Waals surface area contributed by atoms with Crippen LogP contribution in [0.1, 0.15) is 56.1 Å². The molecule has 2 aliphatic carbocycles. The van der Waals surface area contributed by atoms with Gasteiger partial charge < -0.3 is 9.84 Å². The Kier molecular flexibility index (Phi) is 3.64. The molecule has 2 bridgehead atoms. The minimum absolute atomic E-state index is 0.336. The summed E-state index contributed by atoms with van der Waals surface area (Å²) in [6.07, 6.45) is 10.8. The molecule has 2 saturated heterocycles. The highest BCUT2D eigenvalue weighted by Crippen LogP contribution is 2.56. The van der Waals surface area contributed by atoms with E-state index in [-0.39, 0.29) is 0 Å². The van der Waals surface area contributed by atoms with Gasteiger partial charge in [-0.3, -0.25) is 4.90 Å². The molecule has 3 heteroatoms. The highest BCUT2D eigenvalue weighted by atomic mass is 16.5. The summed E-state index contributed by atoms with van der Waals surface area (Å²) in [5.41, 5.74) is 3.32. The van der Waals surface area contributed by atoms with E-state index in [0.29, 0.717) is 23.3 Å². The fourth-order valence-corrected chi connectivity index (χ4v) is 6.35. The monoisotopic (exact) mass is 327 g/mol. The van der Waals surface area contributed by atoms with Crippen LogP contribution in [0.2, 0.25) is 0 Å². The molecular formula is C21H29NO2. The standard InChI is InChI=1S/C21H29NO2/c23-16-7-6-15-12-20-18-5-1-2-8-21(18,19(15)13-16)9-10-22(20)14-17-4-3-11-24-17/h6-7,13,17-18,20,23H,1-5,8-12,14H2/t17-,18-,20-,21-/m0/s1. The second-order valence-corrected chi connectivity index (χ2v) is 8.50. The Morgan fingerprint density at radius 1 is 1.17 bits per heavy atom. The first-order valence-electron chi connectivity index (χ1n) is 9.94. The van der Waals surface area contributed by atoms with Crippen molar-refractivity contribution in [3.63, 3.8) is 0 Å². The molecule has 1 saturated carbocycles. The van der Waals surface area contributed by atoms with Gasteiger partial charge in [-0.1, -0.05) is 18.9 Å². The molecule has 130 valence electrons. The summed E-state index contributed by atoms with van der Waals surface area (Å²) >= 11 is 0. The SMILES string of the molecule is Oc1ccc2c(c1)[C@]13CCCC[C@H]1[C@H](C2)N(C[C@@H]1CCCO1)CC3. The summed E-state index contributed by atoms with van der Waals surface area (Å²) in [6, 6.07) is 6.86. The minimum Gasteiger partial charge on any atom is -0.508 e. The predicted octanol–water partition coefficient (Wildman–Crippen LogP) is 3.63. The molecule has 1 N–H and O–H groups in total. The van der Waals surface area contributed by atoms with Gasteiger partial charge >= 0.3 is 0 Å². The average Bonchev–Trinajstić information content (AvgIpc) is 3.11. The molecule has 2 heterocycles. The molecule has 0 unspecified atom stereocenters. The predicted molar refractivity (Wildman–Crippen MR) is 94.4 cm³/mol. The maximum absolute atomic E-state index is 10.1. The molecule has 3 nitrogen and oxygen atoms in total. The Morgan fingerprint density at radius 3 is 3.00 bits per heavy atom. The third-order valence-corrected chi connectivity index (χ3v) is 7.40. The smallest absolute Gasteiger partial charge is 0.115 e. The number of ether oxygens (including phenoxy) is 1. The number of phenolic OH excluding ortho intramolecular Hbond substituents is 1. The van der Waals surface area contributed by atoms with Gasteiger partial charge in [0.25, 0.3) is 0 Å². The van der Waals surface area contributed by atoms with Gasteiger partial charge in [-0.2, -0.15) is 0 Å². The molecule has 0 aromatic heterocycles. The van der Waals surface area contributed by atoms with Crippen molar-refractivity contribution >= 4 is 0 Å². The van der Waals surface area contributed by atoms with Gasteiger partial charge in [-0.15, -0.1) is 0 Å². The number of likely N-dealkylation sites (tertiary alicyclic amines) is 1. The molecule has 4 atom stereocenters. The summed E-state index contributed by atoms with van der Waals surface area (Å²) in [6.45, 7) is 3.29. The zero-order valence-electron chi connectivity index (χ0n) is 14.5. The number of piperidine rings is 1. The first-order chi connectivity index (χ1) is 11.8. The molecule has 3 fully saturated rings. The quantitative estimate of drug-likeness (QED) is 0.900. The lowest BCUT2D eigenvalue weighted by molar-refractivity contribution is -0.0347. The molecule has 0 radical (unpaired) electrons. The number of hydrogen-bond acceptors (Lipinski definition) is 3. The van der Waals surface area contributed by atoms with Crippen LogP contribution < -0.4 is 0 Å². The van der Waals surface area contributed by atoms with Crippen molar-refractivity contribution in [1.82, 2.24) is 4.90 Å². The summed E-state index contributed by atoms with van der Waals surface area (Å²) in [5, 5.41) is 10.1. The van der Waals surface area contributed by atoms with Crippen molar-refractivity contribution in [3.05, 3.63) is 29.3 Å². The van der Waals surface area contributed by atoms with E-state index in [1.54, 1.807) is 0 Å². The molecule has 5 rings (SSSR count).